The molecule has 0 amide bonds. The molecule has 0 atom stereocenters. The van der Waals surface area contributed by atoms with Crippen molar-refractivity contribution in [3.8, 4) is 11.5 Å². The summed E-state index contributed by atoms with van der Waals surface area (Å²) in [5.41, 5.74) is 2.62. The Morgan fingerprint density at radius 2 is 1.95 bits per heavy atom. The normalized spacial score (nSPS) is 12.2. The van der Waals surface area contributed by atoms with Crippen LogP contribution in [0.5, 0.6) is 11.5 Å². The minimum Gasteiger partial charge on any atom is -0.454 e. The van der Waals surface area contributed by atoms with Gasteiger partial charge >= 0.3 is 0 Å². The lowest BCUT2D eigenvalue weighted by Gasteiger charge is -2.10. The number of fused-ring (bicyclic) bond motifs is 1. The maximum absolute atomic E-state index is 11.6. The van der Waals surface area contributed by atoms with Gasteiger partial charge in [-0.2, -0.15) is 0 Å². The van der Waals surface area contributed by atoms with Crippen molar-refractivity contribution in [2.45, 2.75) is 13.5 Å². The van der Waals surface area contributed by atoms with Gasteiger partial charge in [-0.1, -0.05) is 18.2 Å². The molecule has 2 aromatic rings. The molecule has 4 heteroatoms. The van der Waals surface area contributed by atoms with E-state index in [2.05, 4.69) is 5.32 Å². The molecule has 1 heterocycles. The summed E-state index contributed by atoms with van der Waals surface area (Å²) in [5.74, 6) is 1.60. The van der Waals surface area contributed by atoms with Crippen LogP contribution >= 0.6 is 0 Å². The Bertz CT molecular complexity index is 652. The summed E-state index contributed by atoms with van der Waals surface area (Å²) in [5, 5.41) is 3.28. The summed E-state index contributed by atoms with van der Waals surface area (Å²) in [6.45, 7) is 2.47. The van der Waals surface area contributed by atoms with Crippen molar-refractivity contribution < 1.29 is 14.3 Å². The molecule has 3 rings (SSSR count). The fraction of sp³-hybridized carbons (Fsp3) is 0.188. The number of para-hydroxylation sites is 1. The lowest BCUT2D eigenvalue weighted by atomic mass is 10.1. The molecule has 0 radical (unpaired) electrons. The van der Waals surface area contributed by atoms with Crippen LogP contribution in [0.1, 0.15) is 22.8 Å². The predicted molar refractivity (Wildman–Crippen MR) is 76.3 cm³/mol. The quantitative estimate of drug-likeness (QED) is 0.866. The molecule has 0 saturated heterocycles. The highest BCUT2D eigenvalue weighted by Crippen LogP contribution is 2.32. The average Bonchev–Trinajstić information content (AvgIpc) is 2.92. The SMILES string of the molecule is CC(=O)c1ccccc1NCc1ccc2c(c1)OCO2. The Hall–Kier alpha value is -2.49. The second kappa shape index (κ2) is 5.25. The first-order chi connectivity index (χ1) is 9.74. The molecule has 4 nitrogen and oxygen atoms in total. The second-order valence-corrected chi connectivity index (χ2v) is 4.64. The molecule has 2 aromatic carbocycles. The van der Waals surface area contributed by atoms with Crippen molar-refractivity contribution >= 4 is 11.5 Å². The molecule has 0 saturated carbocycles. The van der Waals surface area contributed by atoms with Gasteiger partial charge in [0.1, 0.15) is 0 Å². The van der Waals surface area contributed by atoms with E-state index in [0.29, 0.717) is 12.1 Å². The van der Waals surface area contributed by atoms with Crippen LogP contribution in [0.2, 0.25) is 0 Å². The molecule has 102 valence electrons. The van der Waals surface area contributed by atoms with E-state index in [1.54, 1.807) is 6.92 Å². The summed E-state index contributed by atoms with van der Waals surface area (Å²) >= 11 is 0. The number of carbonyl (C=O) groups is 1. The number of hydrogen-bond acceptors (Lipinski definition) is 4. The van der Waals surface area contributed by atoms with Crippen LogP contribution in [0.3, 0.4) is 0 Å². The molecule has 0 spiro atoms. The average molecular weight is 269 g/mol. The molecular formula is C16H15NO3. The first-order valence-electron chi connectivity index (χ1n) is 6.46. The third kappa shape index (κ3) is 2.45. The second-order valence-electron chi connectivity index (χ2n) is 4.64. The summed E-state index contributed by atoms with van der Waals surface area (Å²) < 4.78 is 10.6. The van der Waals surface area contributed by atoms with Crippen molar-refractivity contribution in [2.75, 3.05) is 12.1 Å². The molecule has 0 bridgehead atoms. The van der Waals surface area contributed by atoms with Crippen LogP contribution in [0, 0.1) is 0 Å². The molecule has 1 aliphatic heterocycles. The van der Waals surface area contributed by atoms with Crippen LogP contribution in [0.15, 0.2) is 42.5 Å². The van der Waals surface area contributed by atoms with Gasteiger partial charge in [0.15, 0.2) is 17.3 Å². The summed E-state index contributed by atoms with van der Waals surface area (Å²) in [7, 11) is 0. The van der Waals surface area contributed by atoms with Crippen molar-refractivity contribution in [1.82, 2.24) is 0 Å². The zero-order valence-corrected chi connectivity index (χ0v) is 11.2. The molecule has 20 heavy (non-hydrogen) atoms. The smallest absolute Gasteiger partial charge is 0.231 e. The lowest BCUT2D eigenvalue weighted by molar-refractivity contribution is 0.101. The van der Waals surface area contributed by atoms with E-state index in [1.165, 1.54) is 0 Å². The number of carbonyl (C=O) groups excluding carboxylic acids is 1. The summed E-state index contributed by atoms with van der Waals surface area (Å²) in [4.78, 5) is 11.6. The van der Waals surface area contributed by atoms with E-state index >= 15 is 0 Å². The number of benzene rings is 2. The highest BCUT2D eigenvalue weighted by Gasteiger charge is 2.13. The zero-order valence-electron chi connectivity index (χ0n) is 11.2. The lowest BCUT2D eigenvalue weighted by Crippen LogP contribution is -2.04. The Morgan fingerprint density at radius 3 is 2.80 bits per heavy atom. The van der Waals surface area contributed by atoms with Gasteiger partial charge in [-0.3, -0.25) is 4.79 Å². The fourth-order valence-electron chi connectivity index (χ4n) is 2.19. The third-order valence-electron chi connectivity index (χ3n) is 3.23. The number of hydrogen-bond donors (Lipinski definition) is 1. The van der Waals surface area contributed by atoms with Crippen molar-refractivity contribution in [2.24, 2.45) is 0 Å². The van der Waals surface area contributed by atoms with E-state index in [1.807, 2.05) is 42.5 Å². The minimum absolute atomic E-state index is 0.0544. The van der Waals surface area contributed by atoms with Crippen LogP contribution in [0.25, 0.3) is 0 Å². The third-order valence-corrected chi connectivity index (χ3v) is 3.23. The van der Waals surface area contributed by atoms with Crippen LogP contribution in [-0.2, 0) is 6.54 Å². The number of rotatable bonds is 4. The van der Waals surface area contributed by atoms with Gasteiger partial charge < -0.3 is 14.8 Å². The molecular weight excluding hydrogens is 254 g/mol. The monoisotopic (exact) mass is 269 g/mol. The Labute approximate surface area is 117 Å². The van der Waals surface area contributed by atoms with Gasteiger partial charge in [-0.25, -0.2) is 0 Å². The Morgan fingerprint density at radius 1 is 1.15 bits per heavy atom. The van der Waals surface area contributed by atoms with Gasteiger partial charge in [-0.05, 0) is 36.8 Å². The van der Waals surface area contributed by atoms with Gasteiger partial charge in [0.2, 0.25) is 6.79 Å². The van der Waals surface area contributed by atoms with Gasteiger partial charge in [0.25, 0.3) is 0 Å². The summed E-state index contributed by atoms with van der Waals surface area (Å²) in [6.07, 6.45) is 0. The first-order valence-corrected chi connectivity index (χ1v) is 6.46. The Balaban J connectivity index is 1.75. The van der Waals surface area contributed by atoms with Crippen LogP contribution < -0.4 is 14.8 Å². The molecule has 0 aromatic heterocycles. The van der Waals surface area contributed by atoms with Gasteiger partial charge in [0.05, 0.1) is 0 Å². The molecule has 1 N–H and O–H groups in total. The first kappa shape index (κ1) is 12.5. The maximum atomic E-state index is 11.6. The number of Topliss-reactive ketones (excluding diaryl/α,β-unsaturated/α-hetero) is 1. The topological polar surface area (TPSA) is 47.6 Å². The molecule has 0 fully saturated rings. The number of anilines is 1. The van der Waals surface area contributed by atoms with E-state index in [4.69, 9.17) is 9.47 Å². The molecule has 0 aliphatic carbocycles. The molecule has 0 unspecified atom stereocenters. The number of ketones is 1. The summed E-state index contributed by atoms with van der Waals surface area (Å²) in [6, 6.07) is 13.3. The largest absolute Gasteiger partial charge is 0.454 e. The van der Waals surface area contributed by atoms with Crippen LogP contribution in [-0.4, -0.2) is 12.6 Å². The van der Waals surface area contributed by atoms with Crippen LogP contribution in [0.4, 0.5) is 5.69 Å². The van der Waals surface area contributed by atoms with Crippen molar-refractivity contribution in [3.63, 3.8) is 0 Å². The van der Waals surface area contributed by atoms with Gasteiger partial charge in [0, 0.05) is 17.8 Å². The highest BCUT2D eigenvalue weighted by molar-refractivity contribution is 5.99. The predicted octanol–water partition coefficient (Wildman–Crippen LogP) is 3.23. The van der Waals surface area contributed by atoms with E-state index in [-0.39, 0.29) is 12.6 Å². The maximum Gasteiger partial charge on any atom is 0.231 e. The van der Waals surface area contributed by atoms with Gasteiger partial charge in [-0.15, -0.1) is 0 Å². The Kier molecular flexibility index (Phi) is 3.29. The number of ether oxygens (including phenoxy) is 2. The fourth-order valence-corrected chi connectivity index (χ4v) is 2.19. The van der Waals surface area contributed by atoms with Crippen molar-refractivity contribution in [1.29, 1.82) is 0 Å². The minimum atomic E-state index is 0.0544. The standard InChI is InChI=1S/C16H15NO3/c1-11(18)13-4-2-3-5-14(13)17-9-12-6-7-15-16(8-12)20-10-19-15/h2-8,17H,9-10H2,1H3. The number of nitrogens with one attached hydrogen (secondary N) is 1. The van der Waals surface area contributed by atoms with E-state index in [9.17, 15) is 4.79 Å². The zero-order chi connectivity index (χ0) is 13.9. The van der Waals surface area contributed by atoms with E-state index in [0.717, 1.165) is 22.7 Å². The molecule has 1 aliphatic rings. The van der Waals surface area contributed by atoms with E-state index < -0.39 is 0 Å². The highest BCUT2D eigenvalue weighted by atomic mass is 16.7. The van der Waals surface area contributed by atoms with Crippen molar-refractivity contribution in [3.05, 3.63) is 53.6 Å².